The van der Waals surface area contributed by atoms with E-state index in [9.17, 15) is 0 Å². The molecule has 0 bridgehead atoms. The van der Waals surface area contributed by atoms with Crippen molar-refractivity contribution in [1.29, 1.82) is 0 Å². The maximum Gasteiger partial charge on any atom is 0.0465 e. The van der Waals surface area contributed by atoms with Crippen LogP contribution in [0.4, 0.5) is 0 Å². The monoisotopic (exact) mass is 293 g/mol. The molecule has 2 aromatic rings. The summed E-state index contributed by atoms with van der Waals surface area (Å²) < 4.78 is 0. The van der Waals surface area contributed by atoms with Gasteiger partial charge in [-0.25, -0.2) is 0 Å². The van der Waals surface area contributed by atoms with E-state index in [1.54, 1.807) is 0 Å². The molecule has 19 heavy (non-hydrogen) atoms. The Morgan fingerprint density at radius 1 is 1.05 bits per heavy atom. The normalized spacial score (nSPS) is 14.7. The van der Waals surface area contributed by atoms with E-state index in [2.05, 4.69) is 61.1 Å². The zero-order valence-corrected chi connectivity index (χ0v) is 13.6. The lowest BCUT2D eigenvalue weighted by Crippen LogP contribution is -2.32. The third kappa shape index (κ3) is 4.75. The van der Waals surface area contributed by atoms with Crippen molar-refractivity contribution in [2.45, 2.75) is 45.7 Å². The Balaban J connectivity index is 2.02. The summed E-state index contributed by atoms with van der Waals surface area (Å²) in [5.74, 6) is 0.744. The maximum absolute atomic E-state index is 3.81. The van der Waals surface area contributed by atoms with E-state index in [-0.39, 0.29) is 0 Å². The second-order valence-electron chi connectivity index (χ2n) is 5.55. The van der Waals surface area contributed by atoms with Gasteiger partial charge in [0, 0.05) is 28.3 Å². The fourth-order valence-electron chi connectivity index (χ4n) is 2.48. The third-order valence-corrected chi connectivity index (χ3v) is 5.07. The second-order valence-corrected chi connectivity index (χ2v) is 7.56. The molecule has 1 nitrogen and oxygen atoms in total. The van der Waals surface area contributed by atoms with Crippen LogP contribution in [0.2, 0.25) is 0 Å². The van der Waals surface area contributed by atoms with Crippen molar-refractivity contribution >= 4 is 22.7 Å². The van der Waals surface area contributed by atoms with E-state index in [1.165, 1.54) is 16.2 Å². The first-order valence-corrected chi connectivity index (χ1v) is 8.73. The van der Waals surface area contributed by atoms with Gasteiger partial charge in [0.15, 0.2) is 0 Å². The summed E-state index contributed by atoms with van der Waals surface area (Å²) in [6.45, 7) is 6.88. The molecular formula is C16H23NS2. The average Bonchev–Trinajstić information content (AvgIpc) is 2.99. The van der Waals surface area contributed by atoms with E-state index >= 15 is 0 Å². The fourth-order valence-corrected chi connectivity index (χ4v) is 4.02. The van der Waals surface area contributed by atoms with Crippen LogP contribution < -0.4 is 5.32 Å². The van der Waals surface area contributed by atoms with Crippen LogP contribution in [0.5, 0.6) is 0 Å². The minimum absolute atomic E-state index is 0.451. The summed E-state index contributed by atoms with van der Waals surface area (Å²) in [4.78, 5) is 2.91. The Hall–Kier alpha value is -0.640. The number of rotatable bonds is 7. The Labute approximate surface area is 124 Å². The number of nitrogens with one attached hydrogen (secondary N) is 1. The van der Waals surface area contributed by atoms with Crippen LogP contribution in [-0.4, -0.2) is 6.04 Å². The van der Waals surface area contributed by atoms with E-state index in [0.717, 1.165) is 12.3 Å². The van der Waals surface area contributed by atoms with E-state index < -0.39 is 0 Å². The van der Waals surface area contributed by atoms with Crippen molar-refractivity contribution in [1.82, 2.24) is 5.32 Å². The predicted octanol–water partition coefficient (Wildman–Crippen LogP) is 5.12. The molecule has 0 amide bonds. The van der Waals surface area contributed by atoms with Crippen LogP contribution in [0.1, 0.15) is 43.0 Å². The molecule has 0 saturated heterocycles. The molecule has 0 radical (unpaired) electrons. The zero-order chi connectivity index (χ0) is 13.7. The molecule has 0 aromatic carbocycles. The van der Waals surface area contributed by atoms with Crippen molar-refractivity contribution in [3.05, 3.63) is 44.8 Å². The highest BCUT2D eigenvalue weighted by Crippen LogP contribution is 2.26. The molecule has 0 aliphatic carbocycles. The van der Waals surface area contributed by atoms with Gasteiger partial charge in [0.05, 0.1) is 0 Å². The fraction of sp³-hybridized carbons (Fsp3) is 0.500. The van der Waals surface area contributed by atoms with Gasteiger partial charge >= 0.3 is 0 Å². The summed E-state index contributed by atoms with van der Waals surface area (Å²) in [5.41, 5.74) is 0. The van der Waals surface area contributed by atoms with Crippen molar-refractivity contribution in [3.8, 4) is 0 Å². The van der Waals surface area contributed by atoms with Crippen LogP contribution >= 0.6 is 22.7 Å². The van der Waals surface area contributed by atoms with Crippen LogP contribution in [0.15, 0.2) is 35.0 Å². The molecule has 2 aromatic heterocycles. The van der Waals surface area contributed by atoms with Crippen molar-refractivity contribution in [2.24, 2.45) is 5.92 Å². The summed E-state index contributed by atoms with van der Waals surface area (Å²) >= 11 is 3.71. The number of hydrogen-bond acceptors (Lipinski definition) is 3. The maximum atomic E-state index is 3.81. The number of thiophene rings is 2. The molecule has 2 rings (SSSR count). The van der Waals surface area contributed by atoms with Crippen LogP contribution in [0, 0.1) is 5.92 Å². The van der Waals surface area contributed by atoms with Gasteiger partial charge in [-0.3, -0.25) is 0 Å². The first-order chi connectivity index (χ1) is 9.15. The topological polar surface area (TPSA) is 12.0 Å². The van der Waals surface area contributed by atoms with Gasteiger partial charge in [-0.2, -0.15) is 0 Å². The predicted molar refractivity (Wildman–Crippen MR) is 87.1 cm³/mol. The van der Waals surface area contributed by atoms with Gasteiger partial charge in [0.1, 0.15) is 0 Å². The van der Waals surface area contributed by atoms with Gasteiger partial charge in [0.2, 0.25) is 0 Å². The van der Waals surface area contributed by atoms with Crippen LogP contribution in [0.3, 0.4) is 0 Å². The van der Waals surface area contributed by atoms with Gasteiger partial charge < -0.3 is 5.32 Å². The van der Waals surface area contributed by atoms with E-state index in [0.29, 0.717) is 12.1 Å². The first kappa shape index (κ1) is 14.8. The van der Waals surface area contributed by atoms with E-state index in [1.807, 2.05) is 22.7 Å². The smallest absolute Gasteiger partial charge is 0.0465 e. The highest BCUT2D eigenvalue weighted by molar-refractivity contribution is 7.10. The second kappa shape index (κ2) is 7.22. The summed E-state index contributed by atoms with van der Waals surface area (Å²) in [5, 5.41) is 8.14. The zero-order valence-electron chi connectivity index (χ0n) is 11.9. The highest BCUT2D eigenvalue weighted by atomic mass is 32.1. The molecule has 0 aliphatic heterocycles. The van der Waals surface area contributed by atoms with E-state index in [4.69, 9.17) is 0 Å². The van der Waals surface area contributed by atoms with Gasteiger partial charge in [0.25, 0.3) is 0 Å². The largest absolute Gasteiger partial charge is 0.306 e. The summed E-state index contributed by atoms with van der Waals surface area (Å²) in [6, 6.07) is 9.79. The minimum Gasteiger partial charge on any atom is -0.306 e. The Morgan fingerprint density at radius 2 is 1.79 bits per heavy atom. The SMILES string of the molecule is CC(C)CC(C)NC(Cc1cccs1)c1cccs1. The van der Waals surface area contributed by atoms with Crippen LogP contribution in [-0.2, 0) is 6.42 Å². The molecule has 2 heterocycles. The molecule has 2 atom stereocenters. The molecule has 0 aliphatic rings. The summed E-state index contributed by atoms with van der Waals surface area (Å²) in [6.07, 6.45) is 2.33. The van der Waals surface area contributed by atoms with Crippen molar-refractivity contribution < 1.29 is 0 Å². The highest BCUT2D eigenvalue weighted by Gasteiger charge is 2.17. The van der Waals surface area contributed by atoms with Crippen molar-refractivity contribution in [3.63, 3.8) is 0 Å². The molecule has 0 saturated carbocycles. The Kier molecular flexibility index (Phi) is 5.61. The Morgan fingerprint density at radius 3 is 2.37 bits per heavy atom. The quantitative estimate of drug-likeness (QED) is 0.747. The van der Waals surface area contributed by atoms with Gasteiger partial charge in [-0.15, -0.1) is 22.7 Å². The van der Waals surface area contributed by atoms with Gasteiger partial charge in [-0.05, 0) is 42.2 Å². The van der Waals surface area contributed by atoms with Crippen molar-refractivity contribution in [2.75, 3.05) is 0 Å². The molecule has 104 valence electrons. The third-order valence-electron chi connectivity index (χ3n) is 3.18. The lowest BCUT2D eigenvalue weighted by Gasteiger charge is -2.23. The molecule has 2 unspecified atom stereocenters. The summed E-state index contributed by atoms with van der Waals surface area (Å²) in [7, 11) is 0. The number of hydrogen-bond donors (Lipinski definition) is 1. The Bertz CT molecular complexity index is 445. The molecule has 0 fully saturated rings. The lowest BCUT2D eigenvalue weighted by atomic mass is 10.0. The first-order valence-electron chi connectivity index (χ1n) is 6.97. The average molecular weight is 294 g/mol. The van der Waals surface area contributed by atoms with Gasteiger partial charge in [-0.1, -0.05) is 26.0 Å². The minimum atomic E-state index is 0.451. The molecule has 1 N–H and O–H groups in total. The lowest BCUT2D eigenvalue weighted by molar-refractivity contribution is 0.396. The standard InChI is InChI=1S/C16H23NS2/c1-12(2)10-13(3)17-15(16-7-5-9-19-16)11-14-6-4-8-18-14/h4-9,12-13,15,17H,10-11H2,1-3H3. The molecular weight excluding hydrogens is 270 g/mol. The molecule has 3 heteroatoms. The molecule has 0 spiro atoms. The van der Waals surface area contributed by atoms with Crippen LogP contribution in [0.25, 0.3) is 0 Å².